The SMILES string of the molecule is Cc1ccc2nc(COC(=O)CCN3C(=O)Cc4ccccc4C3=O)cc(=O)n2c1. The number of ether oxygens (including phenoxy) is 1. The molecule has 3 aromatic rings. The van der Waals surface area contributed by atoms with Gasteiger partial charge in [0, 0.05) is 24.4 Å². The fourth-order valence-corrected chi connectivity index (χ4v) is 3.39. The van der Waals surface area contributed by atoms with Crippen LogP contribution in [0.5, 0.6) is 0 Å². The highest BCUT2D eigenvalue weighted by Crippen LogP contribution is 2.19. The molecule has 1 aliphatic heterocycles. The lowest BCUT2D eigenvalue weighted by atomic mass is 9.98. The molecule has 0 bridgehead atoms. The summed E-state index contributed by atoms with van der Waals surface area (Å²) in [6.45, 7) is 1.65. The standard InChI is InChI=1S/C22H19N3O5/c1-14-6-7-18-23-16(11-20(27)25(18)12-14)13-30-21(28)8-9-24-19(26)10-15-4-2-3-5-17(15)22(24)29/h2-7,11-12H,8-10,13H2,1H3. The number of imide groups is 1. The Morgan fingerprint density at radius 1 is 1.13 bits per heavy atom. The fraction of sp³-hybridized carbons (Fsp3) is 0.227. The Balaban J connectivity index is 1.37. The molecule has 0 N–H and O–H groups in total. The summed E-state index contributed by atoms with van der Waals surface area (Å²) in [5.41, 5.74) is 2.61. The number of rotatable bonds is 5. The number of hydrogen-bond acceptors (Lipinski definition) is 6. The van der Waals surface area contributed by atoms with Crippen LogP contribution in [-0.4, -0.2) is 38.6 Å². The van der Waals surface area contributed by atoms with Crippen LogP contribution in [0.15, 0.2) is 53.5 Å². The molecule has 3 heterocycles. The lowest BCUT2D eigenvalue weighted by Crippen LogP contribution is -2.43. The van der Waals surface area contributed by atoms with Gasteiger partial charge in [0.15, 0.2) is 0 Å². The van der Waals surface area contributed by atoms with E-state index in [4.69, 9.17) is 4.74 Å². The molecular formula is C22H19N3O5. The number of aromatic nitrogens is 2. The molecule has 8 nitrogen and oxygen atoms in total. The van der Waals surface area contributed by atoms with Gasteiger partial charge in [-0.1, -0.05) is 24.3 Å². The number of carbonyl (C=O) groups is 3. The number of carbonyl (C=O) groups excluding carboxylic acids is 3. The van der Waals surface area contributed by atoms with Gasteiger partial charge in [0.2, 0.25) is 5.91 Å². The summed E-state index contributed by atoms with van der Waals surface area (Å²) < 4.78 is 6.61. The first-order valence-corrected chi connectivity index (χ1v) is 9.49. The highest BCUT2D eigenvalue weighted by molar-refractivity contribution is 6.09. The van der Waals surface area contributed by atoms with Crippen LogP contribution in [0.4, 0.5) is 0 Å². The Morgan fingerprint density at radius 3 is 2.77 bits per heavy atom. The third kappa shape index (κ3) is 3.84. The van der Waals surface area contributed by atoms with Crippen molar-refractivity contribution in [3.63, 3.8) is 0 Å². The number of fused-ring (bicyclic) bond motifs is 2. The number of esters is 1. The first-order valence-electron chi connectivity index (χ1n) is 9.49. The Bertz CT molecular complexity index is 1230. The van der Waals surface area contributed by atoms with Crippen molar-refractivity contribution in [1.82, 2.24) is 14.3 Å². The summed E-state index contributed by atoms with van der Waals surface area (Å²) in [7, 11) is 0. The molecule has 1 aliphatic rings. The van der Waals surface area contributed by atoms with E-state index in [1.54, 1.807) is 36.5 Å². The molecule has 4 rings (SSSR count). The second-order valence-electron chi connectivity index (χ2n) is 7.12. The lowest BCUT2D eigenvalue weighted by Gasteiger charge is -2.26. The zero-order valence-corrected chi connectivity index (χ0v) is 16.3. The smallest absolute Gasteiger partial charge is 0.307 e. The molecule has 0 atom stereocenters. The lowest BCUT2D eigenvalue weighted by molar-refractivity contribution is -0.145. The van der Waals surface area contributed by atoms with E-state index in [1.165, 1.54) is 10.5 Å². The predicted molar refractivity (Wildman–Crippen MR) is 107 cm³/mol. The van der Waals surface area contributed by atoms with Crippen molar-refractivity contribution in [2.75, 3.05) is 6.54 Å². The van der Waals surface area contributed by atoms with Crippen LogP contribution in [0.2, 0.25) is 0 Å². The van der Waals surface area contributed by atoms with E-state index in [9.17, 15) is 19.2 Å². The maximum Gasteiger partial charge on any atom is 0.307 e. The van der Waals surface area contributed by atoms with Crippen molar-refractivity contribution < 1.29 is 19.1 Å². The van der Waals surface area contributed by atoms with E-state index in [-0.39, 0.29) is 37.5 Å². The van der Waals surface area contributed by atoms with Crippen molar-refractivity contribution in [2.45, 2.75) is 26.4 Å². The van der Waals surface area contributed by atoms with E-state index in [0.717, 1.165) is 10.5 Å². The van der Waals surface area contributed by atoms with Crippen LogP contribution >= 0.6 is 0 Å². The topological polar surface area (TPSA) is 98.0 Å². The van der Waals surface area contributed by atoms with Gasteiger partial charge in [-0.3, -0.25) is 28.5 Å². The Labute approximate surface area is 171 Å². The van der Waals surface area contributed by atoms with E-state index >= 15 is 0 Å². The van der Waals surface area contributed by atoms with Gasteiger partial charge in [-0.15, -0.1) is 0 Å². The second-order valence-corrected chi connectivity index (χ2v) is 7.12. The van der Waals surface area contributed by atoms with Gasteiger partial charge in [0.1, 0.15) is 12.3 Å². The molecule has 2 aromatic heterocycles. The van der Waals surface area contributed by atoms with Gasteiger partial charge in [-0.25, -0.2) is 4.98 Å². The summed E-state index contributed by atoms with van der Waals surface area (Å²) in [4.78, 5) is 54.5. The first kappa shape index (κ1) is 19.5. The number of pyridine rings is 1. The number of aryl methyl sites for hydroxylation is 1. The molecule has 2 amide bonds. The minimum atomic E-state index is -0.583. The average molecular weight is 405 g/mol. The van der Waals surface area contributed by atoms with Crippen LogP contribution in [0.25, 0.3) is 5.65 Å². The molecule has 0 saturated heterocycles. The van der Waals surface area contributed by atoms with E-state index in [0.29, 0.717) is 22.5 Å². The average Bonchev–Trinajstić information content (AvgIpc) is 2.72. The molecule has 0 saturated carbocycles. The third-order valence-corrected chi connectivity index (χ3v) is 4.92. The minimum Gasteiger partial charge on any atom is -0.459 e. The minimum absolute atomic E-state index is 0.0576. The van der Waals surface area contributed by atoms with Gasteiger partial charge >= 0.3 is 5.97 Å². The predicted octanol–water partition coefficient (Wildman–Crippen LogP) is 1.66. The van der Waals surface area contributed by atoms with Gasteiger partial charge < -0.3 is 4.74 Å². The van der Waals surface area contributed by atoms with Crippen LogP contribution in [0, 0.1) is 6.92 Å². The first-order chi connectivity index (χ1) is 14.4. The van der Waals surface area contributed by atoms with Gasteiger partial charge in [0.25, 0.3) is 11.5 Å². The van der Waals surface area contributed by atoms with Crippen molar-refractivity contribution >= 4 is 23.4 Å². The number of nitrogens with zero attached hydrogens (tertiary/aromatic N) is 3. The zero-order valence-electron chi connectivity index (χ0n) is 16.3. The molecule has 152 valence electrons. The summed E-state index contributed by atoms with van der Waals surface area (Å²) in [6, 6.07) is 11.8. The molecule has 0 radical (unpaired) electrons. The monoisotopic (exact) mass is 405 g/mol. The summed E-state index contributed by atoms with van der Waals surface area (Å²) in [5.74, 6) is -1.33. The fourth-order valence-electron chi connectivity index (χ4n) is 3.39. The van der Waals surface area contributed by atoms with Crippen molar-refractivity contribution in [1.29, 1.82) is 0 Å². The molecule has 0 spiro atoms. The number of hydrogen-bond donors (Lipinski definition) is 0. The molecule has 30 heavy (non-hydrogen) atoms. The van der Waals surface area contributed by atoms with E-state index in [2.05, 4.69) is 4.98 Å². The van der Waals surface area contributed by atoms with Gasteiger partial charge in [-0.05, 0) is 30.2 Å². The maximum atomic E-state index is 12.5. The van der Waals surface area contributed by atoms with Crippen molar-refractivity contribution in [3.8, 4) is 0 Å². The van der Waals surface area contributed by atoms with Gasteiger partial charge in [-0.2, -0.15) is 0 Å². The van der Waals surface area contributed by atoms with E-state index < -0.39 is 11.9 Å². The maximum absolute atomic E-state index is 12.5. The normalized spacial score (nSPS) is 13.4. The number of benzene rings is 1. The van der Waals surface area contributed by atoms with Crippen LogP contribution in [-0.2, 0) is 27.4 Å². The quantitative estimate of drug-likeness (QED) is 0.473. The molecule has 1 aromatic carbocycles. The molecular weight excluding hydrogens is 386 g/mol. The van der Waals surface area contributed by atoms with Crippen molar-refractivity contribution in [2.24, 2.45) is 0 Å². The zero-order chi connectivity index (χ0) is 21.3. The highest BCUT2D eigenvalue weighted by atomic mass is 16.5. The Kier molecular flexibility index (Phi) is 5.14. The highest BCUT2D eigenvalue weighted by Gasteiger charge is 2.30. The second kappa shape index (κ2) is 7.90. The van der Waals surface area contributed by atoms with E-state index in [1.807, 2.05) is 13.0 Å². The molecule has 0 aliphatic carbocycles. The van der Waals surface area contributed by atoms with Crippen LogP contribution < -0.4 is 5.56 Å². The third-order valence-electron chi connectivity index (χ3n) is 4.92. The van der Waals surface area contributed by atoms with Crippen LogP contribution in [0.1, 0.15) is 33.6 Å². The molecule has 0 unspecified atom stereocenters. The summed E-state index contributed by atoms with van der Waals surface area (Å²) >= 11 is 0. The number of amides is 2. The largest absolute Gasteiger partial charge is 0.459 e. The summed E-state index contributed by atoms with van der Waals surface area (Å²) in [5, 5.41) is 0. The molecule has 8 heteroatoms. The van der Waals surface area contributed by atoms with Gasteiger partial charge in [0.05, 0.1) is 18.5 Å². The Morgan fingerprint density at radius 2 is 1.93 bits per heavy atom. The van der Waals surface area contributed by atoms with Crippen molar-refractivity contribution in [3.05, 3.63) is 81.4 Å². The Hall–Kier alpha value is -3.81. The van der Waals surface area contributed by atoms with Crippen LogP contribution in [0.3, 0.4) is 0 Å². The molecule has 0 fully saturated rings. The summed E-state index contributed by atoms with van der Waals surface area (Å²) in [6.07, 6.45) is 1.68.